The van der Waals surface area contributed by atoms with Crippen LogP contribution in [-0.4, -0.2) is 11.9 Å². The predicted molar refractivity (Wildman–Crippen MR) is 44.2 cm³/mol. The molecule has 1 rings (SSSR count). The summed E-state index contributed by atoms with van der Waals surface area (Å²) in [5.41, 5.74) is 0. The lowest BCUT2D eigenvalue weighted by molar-refractivity contribution is -0.253. The Balaban J connectivity index is 2.30. The molecule has 2 heteroatoms. The van der Waals surface area contributed by atoms with Crippen LogP contribution in [0.3, 0.4) is 0 Å². The van der Waals surface area contributed by atoms with E-state index in [-0.39, 0.29) is 0 Å². The van der Waals surface area contributed by atoms with Crippen LogP contribution in [0.5, 0.6) is 0 Å². The van der Waals surface area contributed by atoms with Crippen molar-refractivity contribution in [2.24, 2.45) is 17.8 Å². The molecular weight excluding hydrogens is 140 g/mol. The van der Waals surface area contributed by atoms with E-state index in [2.05, 4.69) is 18.7 Å². The van der Waals surface area contributed by atoms with Gasteiger partial charge in [-0.05, 0) is 37.0 Å². The Kier molecular flexibility index (Phi) is 3.34. The molecule has 2 unspecified atom stereocenters. The number of hydrogen-bond donors (Lipinski definition) is 1. The Bertz CT molecular complexity index is 104. The zero-order valence-corrected chi connectivity index (χ0v) is 7.42. The molecule has 0 bridgehead atoms. The minimum Gasteiger partial charge on any atom is -0.252 e. The van der Waals surface area contributed by atoms with Crippen molar-refractivity contribution in [1.82, 2.24) is 0 Å². The van der Waals surface area contributed by atoms with E-state index in [0.29, 0.717) is 12.5 Å². The maximum atomic E-state index is 8.29. The van der Waals surface area contributed by atoms with Crippen LogP contribution in [0, 0.1) is 17.8 Å². The molecule has 1 saturated carbocycles. The van der Waals surface area contributed by atoms with Crippen molar-refractivity contribution in [3.63, 3.8) is 0 Å². The van der Waals surface area contributed by atoms with Gasteiger partial charge in [-0.3, -0.25) is 5.26 Å². The van der Waals surface area contributed by atoms with E-state index >= 15 is 0 Å². The lowest BCUT2D eigenvalue weighted by atomic mass is 9.77. The van der Waals surface area contributed by atoms with Gasteiger partial charge in [0.1, 0.15) is 0 Å². The molecule has 0 aromatic carbocycles. The molecule has 66 valence electrons. The van der Waals surface area contributed by atoms with Crippen molar-refractivity contribution in [2.45, 2.75) is 33.1 Å². The summed E-state index contributed by atoms with van der Waals surface area (Å²) >= 11 is 0. The quantitative estimate of drug-likeness (QED) is 0.494. The van der Waals surface area contributed by atoms with Gasteiger partial charge in [0.2, 0.25) is 0 Å². The van der Waals surface area contributed by atoms with Crippen molar-refractivity contribution < 1.29 is 10.1 Å². The van der Waals surface area contributed by atoms with E-state index in [1.165, 1.54) is 19.3 Å². The van der Waals surface area contributed by atoms with Crippen LogP contribution >= 0.6 is 0 Å². The molecule has 0 spiro atoms. The first-order valence-corrected chi connectivity index (χ1v) is 4.48. The summed E-state index contributed by atoms with van der Waals surface area (Å²) in [6.45, 7) is 5.08. The molecule has 0 aliphatic heterocycles. The van der Waals surface area contributed by atoms with Crippen LogP contribution in [0.2, 0.25) is 0 Å². The van der Waals surface area contributed by atoms with Gasteiger partial charge in [0.25, 0.3) is 0 Å². The van der Waals surface area contributed by atoms with Gasteiger partial charge in [0, 0.05) is 0 Å². The van der Waals surface area contributed by atoms with Crippen molar-refractivity contribution in [2.75, 3.05) is 6.61 Å². The zero-order chi connectivity index (χ0) is 8.27. The van der Waals surface area contributed by atoms with Crippen LogP contribution in [0.1, 0.15) is 33.1 Å². The molecule has 1 N–H and O–H groups in total. The van der Waals surface area contributed by atoms with Gasteiger partial charge in [-0.2, -0.15) is 0 Å². The monoisotopic (exact) mass is 158 g/mol. The van der Waals surface area contributed by atoms with Crippen molar-refractivity contribution >= 4 is 0 Å². The van der Waals surface area contributed by atoms with Gasteiger partial charge in [0.05, 0.1) is 6.61 Å². The minimum atomic E-state index is 0.522. The van der Waals surface area contributed by atoms with E-state index < -0.39 is 0 Å². The van der Waals surface area contributed by atoms with Gasteiger partial charge < -0.3 is 0 Å². The third kappa shape index (κ3) is 2.80. The summed E-state index contributed by atoms with van der Waals surface area (Å²) in [5, 5.41) is 8.29. The van der Waals surface area contributed by atoms with Crippen molar-refractivity contribution in [1.29, 1.82) is 0 Å². The highest BCUT2D eigenvalue weighted by atomic mass is 17.1. The van der Waals surface area contributed by atoms with Gasteiger partial charge in [-0.1, -0.05) is 13.8 Å². The molecule has 0 amide bonds. The van der Waals surface area contributed by atoms with Crippen LogP contribution in [0.25, 0.3) is 0 Å². The summed E-state index contributed by atoms with van der Waals surface area (Å²) in [7, 11) is 0. The summed E-state index contributed by atoms with van der Waals surface area (Å²) < 4.78 is 0. The summed E-state index contributed by atoms with van der Waals surface area (Å²) in [5.74, 6) is 2.19. The summed E-state index contributed by atoms with van der Waals surface area (Å²) in [4.78, 5) is 4.18. The standard InChI is InChI=1S/C9H18O2/c1-7-3-8(2)5-9(4-7)6-11-10/h7-10H,3-6H2,1-2H3. The molecule has 11 heavy (non-hydrogen) atoms. The van der Waals surface area contributed by atoms with E-state index in [1.807, 2.05) is 0 Å². The van der Waals surface area contributed by atoms with Gasteiger partial charge in [0.15, 0.2) is 0 Å². The molecule has 0 aromatic heterocycles. The van der Waals surface area contributed by atoms with E-state index in [0.717, 1.165) is 11.8 Å². The lowest BCUT2D eigenvalue weighted by Crippen LogP contribution is -2.22. The molecule has 0 saturated heterocycles. The second kappa shape index (κ2) is 4.07. The number of hydrogen-bond acceptors (Lipinski definition) is 2. The van der Waals surface area contributed by atoms with Gasteiger partial charge in [-0.25, -0.2) is 4.89 Å². The smallest absolute Gasteiger partial charge is 0.0848 e. The van der Waals surface area contributed by atoms with Gasteiger partial charge in [-0.15, -0.1) is 0 Å². The summed E-state index contributed by atoms with van der Waals surface area (Å²) in [6, 6.07) is 0. The minimum absolute atomic E-state index is 0.522. The maximum Gasteiger partial charge on any atom is 0.0848 e. The Morgan fingerprint density at radius 1 is 1.18 bits per heavy atom. The zero-order valence-electron chi connectivity index (χ0n) is 7.42. The van der Waals surface area contributed by atoms with E-state index in [9.17, 15) is 0 Å². The molecular formula is C9H18O2. The van der Waals surface area contributed by atoms with Crippen LogP contribution in [0.4, 0.5) is 0 Å². The number of rotatable bonds is 2. The first-order chi connectivity index (χ1) is 5.22. The first-order valence-electron chi connectivity index (χ1n) is 4.48. The highest BCUT2D eigenvalue weighted by molar-refractivity contribution is 4.74. The molecule has 1 aliphatic rings. The molecule has 2 nitrogen and oxygen atoms in total. The predicted octanol–water partition coefficient (Wildman–Crippen LogP) is 2.55. The average molecular weight is 158 g/mol. The molecule has 1 aliphatic carbocycles. The lowest BCUT2D eigenvalue weighted by Gasteiger charge is -2.30. The van der Waals surface area contributed by atoms with Crippen molar-refractivity contribution in [3.8, 4) is 0 Å². The molecule has 0 radical (unpaired) electrons. The fourth-order valence-electron chi connectivity index (χ4n) is 2.36. The first kappa shape index (κ1) is 9.01. The molecule has 2 atom stereocenters. The summed E-state index contributed by atoms with van der Waals surface area (Å²) in [6.07, 6.45) is 3.76. The SMILES string of the molecule is CC1CC(C)CC(COO)C1. The largest absolute Gasteiger partial charge is 0.252 e. The topological polar surface area (TPSA) is 29.5 Å². The maximum absolute atomic E-state index is 8.29. The molecule has 0 heterocycles. The Hall–Kier alpha value is -0.0800. The normalized spacial score (nSPS) is 39.0. The Morgan fingerprint density at radius 2 is 1.73 bits per heavy atom. The third-order valence-electron chi connectivity index (χ3n) is 2.59. The van der Waals surface area contributed by atoms with Crippen LogP contribution < -0.4 is 0 Å². The fraction of sp³-hybridized carbons (Fsp3) is 1.00. The van der Waals surface area contributed by atoms with Crippen LogP contribution in [0.15, 0.2) is 0 Å². The average Bonchev–Trinajstić information content (AvgIpc) is 1.85. The highest BCUT2D eigenvalue weighted by Crippen LogP contribution is 2.32. The van der Waals surface area contributed by atoms with Gasteiger partial charge >= 0.3 is 0 Å². The second-order valence-electron chi connectivity index (χ2n) is 4.08. The fourth-order valence-corrected chi connectivity index (χ4v) is 2.36. The Labute approximate surface area is 68.5 Å². The third-order valence-corrected chi connectivity index (χ3v) is 2.59. The van der Waals surface area contributed by atoms with Crippen LogP contribution in [-0.2, 0) is 4.89 Å². The van der Waals surface area contributed by atoms with E-state index in [1.54, 1.807) is 0 Å². The molecule has 0 aromatic rings. The Morgan fingerprint density at radius 3 is 2.18 bits per heavy atom. The second-order valence-corrected chi connectivity index (χ2v) is 4.08. The highest BCUT2D eigenvalue weighted by Gasteiger charge is 2.23. The molecule has 1 fully saturated rings. The van der Waals surface area contributed by atoms with Crippen molar-refractivity contribution in [3.05, 3.63) is 0 Å². The van der Waals surface area contributed by atoms with E-state index in [4.69, 9.17) is 5.26 Å².